The molecule has 5 heteroatoms. The van der Waals surface area contributed by atoms with E-state index in [1.165, 1.54) is 12.1 Å². The van der Waals surface area contributed by atoms with Crippen molar-refractivity contribution in [3.63, 3.8) is 0 Å². The van der Waals surface area contributed by atoms with Gasteiger partial charge in [-0.1, -0.05) is 6.07 Å². The maximum absolute atomic E-state index is 12.1. The van der Waals surface area contributed by atoms with Crippen LogP contribution in [0.25, 0.3) is 0 Å². The molecule has 0 saturated carbocycles. The zero-order valence-corrected chi connectivity index (χ0v) is 11.3. The Labute approximate surface area is 117 Å². The summed E-state index contributed by atoms with van der Waals surface area (Å²) >= 11 is 0. The maximum atomic E-state index is 12.1. The van der Waals surface area contributed by atoms with Crippen LogP contribution in [0.5, 0.6) is 11.5 Å². The fraction of sp³-hybridized carbons (Fsp3) is 0.133. The van der Waals surface area contributed by atoms with E-state index in [9.17, 15) is 9.90 Å². The summed E-state index contributed by atoms with van der Waals surface area (Å²) in [4.78, 5) is 12.1. The molecule has 0 aliphatic heterocycles. The van der Waals surface area contributed by atoms with Crippen LogP contribution < -0.4 is 15.8 Å². The van der Waals surface area contributed by atoms with Crippen molar-refractivity contribution < 1.29 is 14.6 Å². The van der Waals surface area contributed by atoms with Gasteiger partial charge in [0.25, 0.3) is 5.91 Å². The largest absolute Gasteiger partial charge is 0.508 e. The highest BCUT2D eigenvalue weighted by molar-refractivity contribution is 6.06. The van der Waals surface area contributed by atoms with E-state index in [-0.39, 0.29) is 11.7 Å². The van der Waals surface area contributed by atoms with Gasteiger partial charge in [-0.15, -0.1) is 0 Å². The number of phenols is 1. The molecule has 0 bridgehead atoms. The summed E-state index contributed by atoms with van der Waals surface area (Å²) in [5, 5.41) is 12.0. The van der Waals surface area contributed by atoms with Crippen LogP contribution in [0.2, 0.25) is 0 Å². The first kappa shape index (κ1) is 13.7. The lowest BCUT2D eigenvalue weighted by Gasteiger charge is -2.10. The van der Waals surface area contributed by atoms with Gasteiger partial charge in [-0.2, -0.15) is 0 Å². The van der Waals surface area contributed by atoms with Gasteiger partial charge >= 0.3 is 0 Å². The Kier molecular flexibility index (Phi) is 3.79. The van der Waals surface area contributed by atoms with Crippen molar-refractivity contribution in [2.45, 2.75) is 6.92 Å². The molecular weight excluding hydrogens is 256 g/mol. The van der Waals surface area contributed by atoms with E-state index in [0.29, 0.717) is 22.7 Å². The molecule has 2 aromatic carbocycles. The van der Waals surface area contributed by atoms with E-state index in [2.05, 4.69) is 5.32 Å². The SMILES string of the molecule is COc1cc(C(=O)Nc2ccc(O)cc2N)ccc1C. The van der Waals surface area contributed by atoms with Gasteiger partial charge in [-0.3, -0.25) is 4.79 Å². The number of carbonyl (C=O) groups is 1. The minimum absolute atomic E-state index is 0.0532. The van der Waals surface area contributed by atoms with Crippen LogP contribution >= 0.6 is 0 Å². The van der Waals surface area contributed by atoms with E-state index < -0.39 is 0 Å². The second kappa shape index (κ2) is 5.52. The Balaban J connectivity index is 2.24. The van der Waals surface area contributed by atoms with Crippen LogP contribution in [0.4, 0.5) is 11.4 Å². The number of benzene rings is 2. The molecule has 2 rings (SSSR count). The lowest BCUT2D eigenvalue weighted by molar-refractivity contribution is 0.102. The molecule has 0 aromatic heterocycles. The second-order valence-electron chi connectivity index (χ2n) is 4.41. The molecule has 0 spiro atoms. The fourth-order valence-electron chi connectivity index (χ4n) is 1.82. The summed E-state index contributed by atoms with van der Waals surface area (Å²) in [6, 6.07) is 9.58. The summed E-state index contributed by atoms with van der Waals surface area (Å²) < 4.78 is 5.19. The number of hydrogen-bond donors (Lipinski definition) is 3. The van der Waals surface area contributed by atoms with Crippen molar-refractivity contribution in [1.82, 2.24) is 0 Å². The zero-order chi connectivity index (χ0) is 14.7. The molecule has 1 amide bonds. The van der Waals surface area contributed by atoms with Crippen LogP contribution in [0.1, 0.15) is 15.9 Å². The molecule has 2 aromatic rings. The number of amides is 1. The standard InChI is InChI=1S/C15H16N2O3/c1-9-3-4-10(7-14(9)20-2)15(19)17-13-6-5-11(18)8-12(13)16/h3-8,18H,16H2,1-2H3,(H,17,19). The number of aryl methyl sites for hydroxylation is 1. The minimum atomic E-state index is -0.291. The van der Waals surface area contributed by atoms with Crippen molar-refractivity contribution in [1.29, 1.82) is 0 Å². The van der Waals surface area contributed by atoms with Crippen molar-refractivity contribution in [3.8, 4) is 11.5 Å². The quantitative estimate of drug-likeness (QED) is 0.592. The normalized spacial score (nSPS) is 10.1. The van der Waals surface area contributed by atoms with Gasteiger partial charge in [0.15, 0.2) is 0 Å². The summed E-state index contributed by atoms with van der Waals surface area (Å²) in [6.07, 6.45) is 0. The Morgan fingerprint density at radius 2 is 2.00 bits per heavy atom. The average Bonchev–Trinajstić information content (AvgIpc) is 2.42. The molecule has 5 nitrogen and oxygen atoms in total. The fourth-order valence-corrected chi connectivity index (χ4v) is 1.82. The van der Waals surface area contributed by atoms with Gasteiger partial charge in [-0.05, 0) is 36.8 Å². The maximum Gasteiger partial charge on any atom is 0.255 e. The first-order valence-corrected chi connectivity index (χ1v) is 6.05. The average molecular weight is 272 g/mol. The minimum Gasteiger partial charge on any atom is -0.508 e. The highest BCUT2D eigenvalue weighted by atomic mass is 16.5. The first-order chi connectivity index (χ1) is 9.51. The predicted octanol–water partition coefficient (Wildman–Crippen LogP) is 2.54. The molecule has 0 radical (unpaired) electrons. The smallest absolute Gasteiger partial charge is 0.255 e. The van der Waals surface area contributed by atoms with Gasteiger partial charge in [0.2, 0.25) is 0 Å². The van der Waals surface area contributed by atoms with Crippen molar-refractivity contribution in [3.05, 3.63) is 47.5 Å². The summed E-state index contributed by atoms with van der Waals surface area (Å²) in [5.74, 6) is 0.412. The number of hydrogen-bond acceptors (Lipinski definition) is 4. The third-order valence-electron chi connectivity index (χ3n) is 2.95. The number of nitrogens with one attached hydrogen (secondary N) is 1. The molecule has 20 heavy (non-hydrogen) atoms. The summed E-state index contributed by atoms with van der Waals surface area (Å²) in [6.45, 7) is 1.90. The number of anilines is 2. The number of carbonyl (C=O) groups excluding carboxylic acids is 1. The van der Waals surface area contributed by atoms with Gasteiger partial charge < -0.3 is 20.9 Å². The molecular formula is C15H16N2O3. The Bertz CT molecular complexity index is 654. The molecule has 4 N–H and O–H groups in total. The van der Waals surface area contributed by atoms with Crippen LogP contribution in [0.15, 0.2) is 36.4 Å². The van der Waals surface area contributed by atoms with Crippen molar-refractivity contribution in [2.75, 3.05) is 18.2 Å². The van der Waals surface area contributed by atoms with E-state index >= 15 is 0 Å². The lowest BCUT2D eigenvalue weighted by atomic mass is 10.1. The van der Waals surface area contributed by atoms with Gasteiger partial charge in [0, 0.05) is 11.6 Å². The monoisotopic (exact) mass is 272 g/mol. The molecule has 0 fully saturated rings. The van der Waals surface area contributed by atoms with Crippen molar-refractivity contribution >= 4 is 17.3 Å². The number of nitrogen functional groups attached to an aromatic ring is 1. The number of phenolic OH excluding ortho intramolecular Hbond substituents is 1. The molecule has 0 aliphatic carbocycles. The Morgan fingerprint density at radius 1 is 1.25 bits per heavy atom. The molecule has 0 aliphatic rings. The third-order valence-corrected chi connectivity index (χ3v) is 2.95. The molecule has 0 saturated heterocycles. The van der Waals surface area contributed by atoms with Gasteiger partial charge in [0.05, 0.1) is 18.5 Å². The third kappa shape index (κ3) is 2.83. The molecule has 0 unspecified atom stereocenters. The van der Waals surface area contributed by atoms with E-state index in [1.54, 1.807) is 25.3 Å². The number of rotatable bonds is 3. The Hall–Kier alpha value is -2.69. The highest BCUT2D eigenvalue weighted by Crippen LogP contribution is 2.25. The number of aromatic hydroxyl groups is 1. The van der Waals surface area contributed by atoms with E-state index in [4.69, 9.17) is 10.5 Å². The molecule has 0 atom stereocenters. The topological polar surface area (TPSA) is 84.6 Å². The van der Waals surface area contributed by atoms with Crippen LogP contribution in [0.3, 0.4) is 0 Å². The number of methoxy groups -OCH3 is 1. The predicted molar refractivity (Wildman–Crippen MR) is 78.2 cm³/mol. The zero-order valence-electron chi connectivity index (χ0n) is 11.3. The van der Waals surface area contributed by atoms with Crippen LogP contribution in [0, 0.1) is 6.92 Å². The number of nitrogens with two attached hydrogens (primary N) is 1. The van der Waals surface area contributed by atoms with Gasteiger partial charge in [-0.25, -0.2) is 0 Å². The molecule has 104 valence electrons. The lowest BCUT2D eigenvalue weighted by Crippen LogP contribution is -2.13. The first-order valence-electron chi connectivity index (χ1n) is 6.05. The second-order valence-corrected chi connectivity index (χ2v) is 4.41. The Morgan fingerprint density at radius 3 is 2.65 bits per heavy atom. The number of ether oxygens (including phenoxy) is 1. The van der Waals surface area contributed by atoms with Gasteiger partial charge in [0.1, 0.15) is 11.5 Å². The molecule has 0 heterocycles. The van der Waals surface area contributed by atoms with E-state index in [1.807, 2.05) is 13.0 Å². The van der Waals surface area contributed by atoms with Crippen LogP contribution in [-0.4, -0.2) is 18.1 Å². The highest BCUT2D eigenvalue weighted by Gasteiger charge is 2.10. The van der Waals surface area contributed by atoms with Crippen LogP contribution in [-0.2, 0) is 0 Å². The summed E-state index contributed by atoms with van der Waals surface area (Å²) in [5.41, 5.74) is 7.91. The van der Waals surface area contributed by atoms with E-state index in [0.717, 1.165) is 5.56 Å². The summed E-state index contributed by atoms with van der Waals surface area (Å²) in [7, 11) is 1.56. The van der Waals surface area contributed by atoms with Crippen molar-refractivity contribution in [2.24, 2.45) is 0 Å².